The summed E-state index contributed by atoms with van der Waals surface area (Å²) >= 11 is 0. The van der Waals surface area contributed by atoms with Gasteiger partial charge >= 0.3 is 6.18 Å². The smallest absolute Gasteiger partial charge is 0.324 e. The van der Waals surface area contributed by atoms with Gasteiger partial charge in [-0.15, -0.1) is 0 Å². The molecule has 0 fully saturated rings. The third-order valence-electron chi connectivity index (χ3n) is 4.58. The van der Waals surface area contributed by atoms with Gasteiger partial charge in [-0.2, -0.15) is 13.2 Å². The molecule has 33 heavy (non-hydrogen) atoms. The predicted octanol–water partition coefficient (Wildman–Crippen LogP) is 5.69. The first-order valence-corrected chi connectivity index (χ1v) is 9.58. The second-order valence-corrected chi connectivity index (χ2v) is 6.85. The minimum atomic E-state index is -4.44. The maximum Gasteiger partial charge on any atom is 0.416 e. The molecule has 0 atom stereocenters. The Bertz CT molecular complexity index is 1280. The quantitative estimate of drug-likeness (QED) is 0.380. The molecule has 10 heteroatoms. The molecule has 4 aromatic rings. The molecule has 0 unspecified atom stereocenters. The standard InChI is InChI=1S/C23H15F4N5O/c24-16-5-1-14(2-6-16)18-9-11-28-13-20(18)31-21(33)19-10-12-29-22(32-19)30-17-7-3-15(4-8-17)23(25,26)27/h1-13H,(H,31,33)(H,29,30,32). The zero-order valence-electron chi connectivity index (χ0n) is 16.8. The van der Waals surface area contributed by atoms with E-state index >= 15 is 0 Å². The molecule has 2 aromatic carbocycles. The number of nitrogens with one attached hydrogen (secondary N) is 2. The van der Waals surface area contributed by atoms with E-state index in [9.17, 15) is 22.4 Å². The molecule has 0 radical (unpaired) electrons. The molecule has 0 bridgehead atoms. The van der Waals surface area contributed by atoms with E-state index in [-0.39, 0.29) is 17.5 Å². The van der Waals surface area contributed by atoms with Crippen molar-refractivity contribution in [3.8, 4) is 11.1 Å². The van der Waals surface area contributed by atoms with E-state index in [1.165, 1.54) is 42.7 Å². The SMILES string of the molecule is O=C(Nc1cnccc1-c1ccc(F)cc1)c1ccnc(Nc2ccc(C(F)(F)F)cc2)n1. The Morgan fingerprint density at radius 2 is 1.61 bits per heavy atom. The molecule has 0 aliphatic heterocycles. The minimum absolute atomic E-state index is 0.0216. The number of hydrogen-bond acceptors (Lipinski definition) is 5. The van der Waals surface area contributed by atoms with Crippen LogP contribution >= 0.6 is 0 Å². The lowest BCUT2D eigenvalue weighted by Crippen LogP contribution is -2.15. The molecule has 2 heterocycles. The van der Waals surface area contributed by atoms with Gasteiger partial charge in [0.15, 0.2) is 0 Å². The molecule has 1 amide bonds. The summed E-state index contributed by atoms with van der Waals surface area (Å²) < 4.78 is 51.4. The minimum Gasteiger partial charge on any atom is -0.324 e. The molecule has 2 aromatic heterocycles. The monoisotopic (exact) mass is 453 g/mol. The van der Waals surface area contributed by atoms with E-state index in [1.807, 2.05) is 0 Å². The van der Waals surface area contributed by atoms with Crippen LogP contribution in [0.15, 0.2) is 79.3 Å². The molecular formula is C23H15F4N5O. The molecule has 0 aliphatic rings. The zero-order valence-corrected chi connectivity index (χ0v) is 16.8. The normalized spacial score (nSPS) is 11.2. The number of anilines is 3. The third-order valence-corrected chi connectivity index (χ3v) is 4.58. The number of alkyl halides is 3. The first kappa shape index (κ1) is 21.9. The van der Waals surface area contributed by atoms with E-state index in [2.05, 4.69) is 25.6 Å². The fourth-order valence-corrected chi connectivity index (χ4v) is 2.98. The van der Waals surface area contributed by atoms with Crippen LogP contribution in [0, 0.1) is 5.82 Å². The number of rotatable bonds is 5. The lowest BCUT2D eigenvalue weighted by atomic mass is 10.1. The zero-order chi connectivity index (χ0) is 23.4. The summed E-state index contributed by atoms with van der Waals surface area (Å²) in [6.07, 6.45) is -0.0885. The number of carbonyl (C=O) groups excluding carboxylic acids is 1. The molecule has 166 valence electrons. The van der Waals surface area contributed by atoms with Crippen LogP contribution in [0.5, 0.6) is 0 Å². The predicted molar refractivity (Wildman–Crippen MR) is 114 cm³/mol. The lowest BCUT2D eigenvalue weighted by molar-refractivity contribution is -0.137. The first-order valence-electron chi connectivity index (χ1n) is 9.58. The van der Waals surface area contributed by atoms with Gasteiger partial charge in [0.1, 0.15) is 11.5 Å². The summed E-state index contributed by atoms with van der Waals surface area (Å²) in [5.41, 5.74) is 1.28. The van der Waals surface area contributed by atoms with Crippen LogP contribution in [0.1, 0.15) is 16.1 Å². The van der Waals surface area contributed by atoms with Crippen molar-refractivity contribution in [3.63, 3.8) is 0 Å². The number of halogens is 4. The van der Waals surface area contributed by atoms with Crippen LogP contribution in [0.4, 0.5) is 34.9 Å². The molecule has 6 nitrogen and oxygen atoms in total. The second-order valence-electron chi connectivity index (χ2n) is 6.85. The van der Waals surface area contributed by atoms with E-state index in [1.54, 1.807) is 24.4 Å². The number of carbonyl (C=O) groups is 1. The van der Waals surface area contributed by atoms with Crippen LogP contribution in [0.25, 0.3) is 11.1 Å². The number of pyridine rings is 1. The van der Waals surface area contributed by atoms with E-state index in [4.69, 9.17) is 0 Å². The van der Waals surface area contributed by atoms with Crippen molar-refractivity contribution in [2.45, 2.75) is 6.18 Å². The van der Waals surface area contributed by atoms with Crippen molar-refractivity contribution in [2.24, 2.45) is 0 Å². The number of hydrogen-bond donors (Lipinski definition) is 2. The molecule has 4 rings (SSSR count). The molecule has 0 saturated heterocycles. The highest BCUT2D eigenvalue weighted by molar-refractivity contribution is 6.05. The van der Waals surface area contributed by atoms with Gasteiger partial charge in [-0.1, -0.05) is 12.1 Å². The molecule has 0 aliphatic carbocycles. The Kier molecular flexibility index (Phi) is 5.99. The average Bonchev–Trinajstić information content (AvgIpc) is 2.80. The van der Waals surface area contributed by atoms with Crippen molar-refractivity contribution in [1.29, 1.82) is 0 Å². The summed E-state index contributed by atoms with van der Waals surface area (Å²) in [7, 11) is 0. The maximum absolute atomic E-state index is 13.2. The highest BCUT2D eigenvalue weighted by Crippen LogP contribution is 2.30. The van der Waals surface area contributed by atoms with Gasteiger partial charge in [0, 0.05) is 23.6 Å². The topological polar surface area (TPSA) is 79.8 Å². The van der Waals surface area contributed by atoms with E-state index in [0.29, 0.717) is 22.5 Å². The van der Waals surface area contributed by atoms with Gasteiger partial charge < -0.3 is 10.6 Å². The summed E-state index contributed by atoms with van der Waals surface area (Å²) in [4.78, 5) is 24.9. The Balaban J connectivity index is 1.52. The van der Waals surface area contributed by atoms with Gasteiger partial charge in [-0.05, 0) is 54.1 Å². The van der Waals surface area contributed by atoms with Gasteiger partial charge in [0.05, 0.1) is 17.4 Å². The van der Waals surface area contributed by atoms with E-state index < -0.39 is 17.6 Å². The maximum atomic E-state index is 13.2. The fourth-order valence-electron chi connectivity index (χ4n) is 2.98. The number of aromatic nitrogens is 3. The Labute approximate surface area is 185 Å². The molecule has 0 saturated carbocycles. The largest absolute Gasteiger partial charge is 0.416 e. The average molecular weight is 453 g/mol. The molecule has 2 N–H and O–H groups in total. The van der Waals surface area contributed by atoms with Crippen LogP contribution in [0.2, 0.25) is 0 Å². The second kappa shape index (κ2) is 9.03. The van der Waals surface area contributed by atoms with Crippen LogP contribution < -0.4 is 10.6 Å². The third kappa shape index (κ3) is 5.29. The van der Waals surface area contributed by atoms with Crippen molar-refractivity contribution >= 4 is 23.2 Å². The van der Waals surface area contributed by atoms with Gasteiger partial charge in [-0.25, -0.2) is 14.4 Å². The Morgan fingerprint density at radius 1 is 0.879 bits per heavy atom. The summed E-state index contributed by atoms with van der Waals surface area (Å²) in [5.74, 6) is -0.899. The van der Waals surface area contributed by atoms with Gasteiger partial charge in [-0.3, -0.25) is 9.78 Å². The summed E-state index contributed by atoms with van der Waals surface area (Å²) in [6, 6.07) is 13.2. The summed E-state index contributed by atoms with van der Waals surface area (Å²) in [6.45, 7) is 0. The van der Waals surface area contributed by atoms with E-state index in [0.717, 1.165) is 12.1 Å². The number of nitrogens with zero attached hydrogens (tertiary/aromatic N) is 3. The van der Waals surface area contributed by atoms with Crippen molar-refractivity contribution in [1.82, 2.24) is 15.0 Å². The van der Waals surface area contributed by atoms with Crippen LogP contribution in [0.3, 0.4) is 0 Å². The highest BCUT2D eigenvalue weighted by atomic mass is 19.4. The van der Waals surface area contributed by atoms with Crippen LogP contribution in [-0.2, 0) is 6.18 Å². The molecular weight excluding hydrogens is 438 g/mol. The molecule has 0 spiro atoms. The van der Waals surface area contributed by atoms with Crippen molar-refractivity contribution in [3.05, 3.63) is 96.3 Å². The van der Waals surface area contributed by atoms with Crippen LogP contribution in [-0.4, -0.2) is 20.9 Å². The first-order chi connectivity index (χ1) is 15.8. The number of amides is 1. The highest BCUT2D eigenvalue weighted by Gasteiger charge is 2.29. The van der Waals surface area contributed by atoms with Crippen molar-refractivity contribution < 1.29 is 22.4 Å². The van der Waals surface area contributed by atoms with Crippen molar-refractivity contribution in [2.75, 3.05) is 10.6 Å². The Hall–Kier alpha value is -4.34. The van der Waals surface area contributed by atoms with Gasteiger partial charge in [0.2, 0.25) is 5.95 Å². The Morgan fingerprint density at radius 3 is 2.30 bits per heavy atom. The lowest BCUT2D eigenvalue weighted by Gasteiger charge is -2.11. The summed E-state index contributed by atoms with van der Waals surface area (Å²) in [5, 5.41) is 5.48. The fraction of sp³-hybridized carbons (Fsp3) is 0.0435. The number of benzene rings is 2. The van der Waals surface area contributed by atoms with Gasteiger partial charge in [0.25, 0.3) is 5.91 Å².